The lowest BCUT2D eigenvalue weighted by atomic mass is 9.80. The first-order valence-electron chi connectivity index (χ1n) is 23.9. The molecule has 1 aliphatic rings. The van der Waals surface area contributed by atoms with Gasteiger partial charge in [-0.05, 0) is 130 Å². The van der Waals surface area contributed by atoms with Gasteiger partial charge in [0.2, 0.25) is 0 Å². The van der Waals surface area contributed by atoms with Crippen LogP contribution in [0, 0.1) is 0 Å². The van der Waals surface area contributed by atoms with Crippen molar-refractivity contribution in [1.29, 1.82) is 0 Å². The smallest absolute Gasteiger partial charge is 0.136 e. The molecular formula is C64H48N2O. The van der Waals surface area contributed by atoms with Gasteiger partial charge < -0.3 is 13.9 Å². The maximum atomic E-state index is 6.34. The largest absolute Gasteiger partial charge is 0.456 e. The maximum Gasteiger partial charge on any atom is 0.136 e. The van der Waals surface area contributed by atoms with E-state index in [2.05, 4.69) is 222 Å². The van der Waals surface area contributed by atoms with Gasteiger partial charge >= 0.3 is 0 Å². The molecule has 1 fully saturated rings. The molecule has 10 aromatic carbocycles. The van der Waals surface area contributed by atoms with Gasteiger partial charge in [0, 0.05) is 44.0 Å². The molecule has 0 radical (unpaired) electrons. The van der Waals surface area contributed by atoms with Crippen molar-refractivity contribution in [2.45, 2.75) is 38.0 Å². The van der Waals surface area contributed by atoms with Crippen molar-refractivity contribution in [3.05, 3.63) is 230 Å². The van der Waals surface area contributed by atoms with Crippen LogP contribution >= 0.6 is 0 Å². The molecule has 0 spiro atoms. The normalized spacial score (nSPS) is 13.3. The quantitative estimate of drug-likeness (QED) is 0.152. The van der Waals surface area contributed by atoms with Gasteiger partial charge in [-0.2, -0.15) is 0 Å². The highest BCUT2D eigenvalue weighted by Gasteiger charge is 2.25. The Bertz CT molecular complexity index is 3790. The predicted octanol–water partition coefficient (Wildman–Crippen LogP) is 18.4. The topological polar surface area (TPSA) is 21.3 Å². The van der Waals surface area contributed by atoms with E-state index in [-0.39, 0.29) is 0 Å². The van der Waals surface area contributed by atoms with Crippen LogP contribution in [0.5, 0.6) is 0 Å². The van der Waals surface area contributed by atoms with Crippen molar-refractivity contribution in [1.82, 2.24) is 4.57 Å². The second-order valence-electron chi connectivity index (χ2n) is 18.2. The van der Waals surface area contributed by atoms with Crippen molar-refractivity contribution in [2.75, 3.05) is 4.90 Å². The molecule has 0 bridgehead atoms. The zero-order chi connectivity index (χ0) is 44.3. The van der Waals surface area contributed by atoms with E-state index in [1.54, 1.807) is 0 Å². The number of hydrogen-bond donors (Lipinski definition) is 0. The van der Waals surface area contributed by atoms with Crippen molar-refractivity contribution < 1.29 is 4.42 Å². The Hall–Kier alpha value is -8.14. The average Bonchev–Trinajstić information content (AvgIpc) is 3.94. The van der Waals surface area contributed by atoms with Crippen LogP contribution in [0.15, 0.2) is 229 Å². The molecule has 3 nitrogen and oxygen atoms in total. The molecule has 2 aromatic heterocycles. The number of aromatic nitrogens is 1. The highest BCUT2D eigenvalue weighted by Crippen LogP contribution is 2.48. The number of rotatable bonds is 8. The second-order valence-corrected chi connectivity index (χ2v) is 18.2. The fourth-order valence-corrected chi connectivity index (χ4v) is 11.3. The number of fused-ring (bicyclic) bond motifs is 7. The Morgan fingerprint density at radius 2 is 1.03 bits per heavy atom. The van der Waals surface area contributed by atoms with Crippen LogP contribution < -0.4 is 4.90 Å². The van der Waals surface area contributed by atoms with E-state index < -0.39 is 0 Å². The third-order valence-electron chi connectivity index (χ3n) is 14.4. The lowest BCUT2D eigenvalue weighted by Crippen LogP contribution is -2.12. The molecule has 0 unspecified atom stereocenters. The van der Waals surface area contributed by atoms with Crippen LogP contribution in [0.4, 0.5) is 17.1 Å². The summed E-state index contributed by atoms with van der Waals surface area (Å²) < 4.78 is 8.74. The van der Waals surface area contributed by atoms with Gasteiger partial charge in [0.25, 0.3) is 0 Å². The van der Waals surface area contributed by atoms with E-state index in [0.29, 0.717) is 5.92 Å². The number of benzene rings is 10. The summed E-state index contributed by atoms with van der Waals surface area (Å²) in [6.45, 7) is 0. The Kier molecular flexibility index (Phi) is 9.60. The molecule has 67 heavy (non-hydrogen) atoms. The van der Waals surface area contributed by atoms with Crippen molar-refractivity contribution >= 4 is 71.6 Å². The standard InChI is InChI=1S/C64H48N2O/c1-3-17-44(18-4-1)51-27-15-19-45-20-16-28-56(64(45)51)52-24-8-12-30-59(52)66(49-37-33-43(34-38-49)46-35-39-55-54-26-10-14-32-62(54)67-63(55)42-46)58-29-11-7-23-50(58)47-36-40-61-57(41-47)53-25-9-13-31-60(53)65(61)48-21-5-2-6-22-48/h2,5-16,19-42,44H,1,3-4,17-18H2. The molecule has 0 N–H and O–H groups in total. The summed E-state index contributed by atoms with van der Waals surface area (Å²) >= 11 is 0. The summed E-state index contributed by atoms with van der Waals surface area (Å²) in [6, 6.07) is 82.4. The minimum absolute atomic E-state index is 0.566. The molecule has 2 heterocycles. The van der Waals surface area contributed by atoms with Gasteiger partial charge in [-0.15, -0.1) is 0 Å². The van der Waals surface area contributed by atoms with Gasteiger partial charge in [-0.25, -0.2) is 0 Å². The van der Waals surface area contributed by atoms with Gasteiger partial charge in [-0.3, -0.25) is 0 Å². The van der Waals surface area contributed by atoms with E-state index in [1.807, 2.05) is 12.1 Å². The van der Waals surface area contributed by atoms with Crippen molar-refractivity contribution in [3.63, 3.8) is 0 Å². The summed E-state index contributed by atoms with van der Waals surface area (Å²) in [7, 11) is 0. The van der Waals surface area contributed by atoms with E-state index in [9.17, 15) is 0 Å². The molecule has 3 heteroatoms. The zero-order valence-corrected chi connectivity index (χ0v) is 37.3. The summed E-state index contributed by atoms with van der Waals surface area (Å²) in [4.78, 5) is 2.50. The molecule has 1 aliphatic carbocycles. The monoisotopic (exact) mass is 860 g/mol. The Balaban J connectivity index is 1.00. The Morgan fingerprint density at radius 3 is 1.87 bits per heavy atom. The number of para-hydroxylation sites is 5. The minimum atomic E-state index is 0.566. The van der Waals surface area contributed by atoms with E-state index >= 15 is 0 Å². The van der Waals surface area contributed by atoms with E-state index in [1.165, 1.54) is 86.9 Å². The number of furan rings is 1. The van der Waals surface area contributed by atoms with Crippen LogP contribution in [-0.4, -0.2) is 4.57 Å². The fourth-order valence-electron chi connectivity index (χ4n) is 11.3. The molecular weight excluding hydrogens is 813 g/mol. The second kappa shape index (κ2) is 16.4. The van der Waals surface area contributed by atoms with E-state index in [4.69, 9.17) is 4.42 Å². The summed E-state index contributed by atoms with van der Waals surface area (Å²) in [5.74, 6) is 0.566. The first-order chi connectivity index (χ1) is 33.2. The number of anilines is 3. The average molecular weight is 861 g/mol. The highest BCUT2D eigenvalue weighted by molar-refractivity contribution is 6.11. The van der Waals surface area contributed by atoms with Crippen LogP contribution in [-0.2, 0) is 0 Å². The van der Waals surface area contributed by atoms with Crippen LogP contribution in [0.2, 0.25) is 0 Å². The SMILES string of the molecule is c1ccc(-n2c3ccccc3c3cc(-c4ccccc4N(c4ccc(-c5ccc6c(c5)oc5ccccc56)cc4)c4ccccc4-c4cccc5cccc(C6CCCCC6)c45)ccc32)cc1. The van der Waals surface area contributed by atoms with Crippen LogP contribution in [0.1, 0.15) is 43.6 Å². The van der Waals surface area contributed by atoms with Gasteiger partial charge in [0.15, 0.2) is 0 Å². The van der Waals surface area contributed by atoms with Crippen molar-refractivity contribution in [2.24, 2.45) is 0 Å². The zero-order valence-electron chi connectivity index (χ0n) is 37.3. The molecule has 0 aliphatic heterocycles. The van der Waals surface area contributed by atoms with Gasteiger partial charge in [-0.1, -0.05) is 171 Å². The van der Waals surface area contributed by atoms with Gasteiger partial charge in [0.1, 0.15) is 11.2 Å². The summed E-state index contributed by atoms with van der Waals surface area (Å²) in [5, 5.41) is 7.44. The minimum Gasteiger partial charge on any atom is -0.456 e. The molecule has 13 rings (SSSR count). The summed E-state index contributed by atoms with van der Waals surface area (Å²) in [6.07, 6.45) is 6.42. The molecule has 0 amide bonds. The third-order valence-corrected chi connectivity index (χ3v) is 14.4. The number of hydrogen-bond acceptors (Lipinski definition) is 2. The predicted molar refractivity (Wildman–Crippen MR) is 282 cm³/mol. The van der Waals surface area contributed by atoms with Crippen LogP contribution in [0.25, 0.3) is 93.6 Å². The van der Waals surface area contributed by atoms with E-state index in [0.717, 1.165) is 61.4 Å². The molecule has 12 aromatic rings. The lowest BCUT2D eigenvalue weighted by Gasteiger charge is -2.31. The Morgan fingerprint density at radius 1 is 0.403 bits per heavy atom. The fraction of sp³-hybridized carbons (Fsp3) is 0.0938. The molecule has 1 saturated carbocycles. The molecule has 0 saturated heterocycles. The highest BCUT2D eigenvalue weighted by atomic mass is 16.3. The maximum absolute atomic E-state index is 6.34. The summed E-state index contributed by atoms with van der Waals surface area (Å²) in [5.41, 5.74) is 17.3. The Labute approximate surface area is 390 Å². The number of nitrogens with zero attached hydrogens (tertiary/aromatic N) is 2. The molecule has 320 valence electrons. The van der Waals surface area contributed by atoms with Gasteiger partial charge in [0.05, 0.1) is 22.4 Å². The van der Waals surface area contributed by atoms with Crippen molar-refractivity contribution in [3.8, 4) is 39.1 Å². The molecule has 0 atom stereocenters. The van der Waals surface area contributed by atoms with Crippen LogP contribution in [0.3, 0.4) is 0 Å². The lowest BCUT2D eigenvalue weighted by molar-refractivity contribution is 0.445. The first-order valence-corrected chi connectivity index (χ1v) is 23.9. The third kappa shape index (κ3) is 6.72. The first kappa shape index (κ1) is 39.2.